The van der Waals surface area contributed by atoms with Gasteiger partial charge < -0.3 is 5.32 Å². The number of anilines is 2. The third-order valence-electron chi connectivity index (χ3n) is 4.57. The number of hydrogen-bond donors (Lipinski definition) is 1. The molecule has 4 rings (SSSR count). The summed E-state index contributed by atoms with van der Waals surface area (Å²) in [6, 6.07) is 14.6. The number of rotatable bonds is 4. The van der Waals surface area contributed by atoms with Crippen molar-refractivity contribution in [2.24, 2.45) is 0 Å². The van der Waals surface area contributed by atoms with Crippen LogP contribution in [0.2, 0.25) is 0 Å². The normalized spacial score (nSPS) is 16.7. The number of halogens is 1. The van der Waals surface area contributed by atoms with E-state index in [2.05, 4.69) is 5.32 Å². The van der Waals surface area contributed by atoms with Gasteiger partial charge in [0.15, 0.2) is 4.91 Å². The number of Topliss-reactive ketones (excluding diaryl/α,β-unsaturated/α-hetero) is 1. The number of allylic oxidation sites excluding steroid dienone is 1. The minimum absolute atomic E-state index is 0.119. The van der Waals surface area contributed by atoms with E-state index in [0.29, 0.717) is 16.3 Å². The first-order chi connectivity index (χ1) is 13.9. The number of nitrogens with zero attached hydrogens (tertiary/aromatic N) is 1. The van der Waals surface area contributed by atoms with Gasteiger partial charge in [-0.05, 0) is 48.2 Å². The van der Waals surface area contributed by atoms with E-state index >= 15 is 0 Å². The first-order valence-electron chi connectivity index (χ1n) is 8.79. The van der Waals surface area contributed by atoms with E-state index in [9.17, 15) is 17.6 Å². The lowest BCUT2D eigenvalue weighted by Crippen LogP contribution is -2.38. The minimum atomic E-state index is -4.07. The van der Waals surface area contributed by atoms with E-state index in [1.807, 2.05) is 31.2 Å². The molecule has 1 aliphatic rings. The summed E-state index contributed by atoms with van der Waals surface area (Å²) in [5, 5.41) is 4.50. The highest BCUT2D eigenvalue weighted by Crippen LogP contribution is 2.39. The largest absolute Gasteiger partial charge is 0.360 e. The summed E-state index contributed by atoms with van der Waals surface area (Å²) in [5.41, 5.74) is 2.76. The van der Waals surface area contributed by atoms with Crippen LogP contribution in [0, 0.1) is 12.7 Å². The maximum Gasteiger partial charge on any atom is 0.270 e. The summed E-state index contributed by atoms with van der Waals surface area (Å²) in [7, 11) is -4.07. The maximum atomic E-state index is 13.3. The lowest BCUT2D eigenvalue weighted by atomic mass is 10.1. The van der Waals surface area contributed by atoms with Crippen molar-refractivity contribution in [2.75, 3.05) is 9.62 Å². The van der Waals surface area contributed by atoms with Crippen molar-refractivity contribution in [3.05, 3.63) is 92.9 Å². The molecule has 2 heterocycles. The van der Waals surface area contributed by atoms with Crippen molar-refractivity contribution in [1.82, 2.24) is 0 Å². The molecule has 1 aliphatic heterocycles. The molecule has 0 radical (unpaired) electrons. The predicted molar refractivity (Wildman–Crippen MR) is 113 cm³/mol. The number of carbonyl (C=O) groups excluding carboxylic acids is 1. The zero-order chi connectivity index (χ0) is 20.6. The molecule has 0 bridgehead atoms. The Labute approximate surface area is 172 Å². The molecule has 8 heteroatoms. The van der Waals surface area contributed by atoms with E-state index < -0.39 is 21.6 Å². The van der Waals surface area contributed by atoms with E-state index in [-0.39, 0.29) is 11.4 Å². The molecule has 2 aromatic carbocycles. The number of nitrogens with one attached hydrogen (secondary N) is 1. The first kappa shape index (κ1) is 19.4. The summed E-state index contributed by atoms with van der Waals surface area (Å²) in [6.45, 7) is 2.08. The van der Waals surface area contributed by atoms with Crippen LogP contribution >= 0.6 is 11.3 Å². The van der Waals surface area contributed by atoms with Crippen LogP contribution in [-0.2, 0) is 16.6 Å². The van der Waals surface area contributed by atoms with Gasteiger partial charge >= 0.3 is 0 Å². The van der Waals surface area contributed by atoms with Gasteiger partial charge in [0.25, 0.3) is 10.0 Å². The third-order valence-corrected chi connectivity index (χ3v) is 7.24. The molecule has 5 nitrogen and oxygen atoms in total. The summed E-state index contributed by atoms with van der Waals surface area (Å²) in [6.07, 6.45) is 1.18. The maximum absolute atomic E-state index is 13.3. The quantitative estimate of drug-likeness (QED) is 0.613. The van der Waals surface area contributed by atoms with Gasteiger partial charge in [0.2, 0.25) is 5.78 Å². The Kier molecular flexibility index (Phi) is 4.97. The summed E-state index contributed by atoms with van der Waals surface area (Å²) >= 11 is 1.20. The molecule has 0 fully saturated rings. The van der Waals surface area contributed by atoms with Crippen molar-refractivity contribution in [1.29, 1.82) is 0 Å². The lowest BCUT2D eigenvalue weighted by molar-refractivity contribution is 0.104. The molecule has 29 heavy (non-hydrogen) atoms. The predicted octanol–water partition coefficient (Wildman–Crippen LogP) is 4.68. The SMILES string of the molecule is Cc1ccc(CN2c3ccsc3C(=O)/C(=C/Nc3ccc(F)cc3)S2(=O)=O)cc1. The second-order valence-corrected chi connectivity index (χ2v) is 9.37. The lowest BCUT2D eigenvalue weighted by Gasteiger charge is -2.29. The number of aryl methyl sites for hydroxylation is 1. The Morgan fingerprint density at radius 1 is 1.07 bits per heavy atom. The number of hydrogen-bond acceptors (Lipinski definition) is 5. The summed E-state index contributed by atoms with van der Waals surface area (Å²) in [4.78, 5) is 12.9. The Morgan fingerprint density at radius 3 is 2.45 bits per heavy atom. The van der Waals surface area contributed by atoms with E-state index in [1.165, 1.54) is 46.1 Å². The van der Waals surface area contributed by atoms with Gasteiger partial charge in [0.1, 0.15) is 10.7 Å². The van der Waals surface area contributed by atoms with E-state index in [1.54, 1.807) is 11.4 Å². The van der Waals surface area contributed by atoms with Crippen molar-refractivity contribution < 1.29 is 17.6 Å². The Morgan fingerprint density at radius 2 is 1.76 bits per heavy atom. The van der Waals surface area contributed by atoms with Crippen LogP contribution in [0.15, 0.2) is 71.1 Å². The van der Waals surface area contributed by atoms with Crippen molar-refractivity contribution >= 4 is 38.5 Å². The second kappa shape index (κ2) is 7.46. The average Bonchev–Trinajstić information content (AvgIpc) is 3.17. The monoisotopic (exact) mass is 428 g/mol. The molecule has 0 aliphatic carbocycles. The number of sulfonamides is 1. The molecule has 0 unspecified atom stereocenters. The molecule has 0 spiro atoms. The average molecular weight is 429 g/mol. The van der Waals surface area contributed by atoms with Gasteiger partial charge in [-0.25, -0.2) is 12.8 Å². The van der Waals surface area contributed by atoms with Gasteiger partial charge in [-0.1, -0.05) is 29.8 Å². The van der Waals surface area contributed by atoms with E-state index in [0.717, 1.165) is 11.1 Å². The van der Waals surface area contributed by atoms with Crippen LogP contribution in [0.1, 0.15) is 20.8 Å². The molecular weight excluding hydrogens is 411 g/mol. The molecule has 0 saturated heterocycles. The zero-order valence-electron chi connectivity index (χ0n) is 15.4. The number of ketones is 1. The van der Waals surface area contributed by atoms with Gasteiger partial charge in [0, 0.05) is 11.9 Å². The fourth-order valence-electron chi connectivity index (χ4n) is 3.01. The standard InChI is InChI=1S/C21H17FN2O3S2/c1-14-2-4-15(5-3-14)13-24-18-10-11-28-21(18)20(25)19(29(24,26)27)12-23-17-8-6-16(22)7-9-17/h2-12,23H,13H2,1H3/b19-12-. The molecule has 148 valence electrons. The topological polar surface area (TPSA) is 66.5 Å². The van der Waals surface area contributed by atoms with Crippen LogP contribution in [0.3, 0.4) is 0 Å². The first-order valence-corrected chi connectivity index (χ1v) is 11.1. The zero-order valence-corrected chi connectivity index (χ0v) is 17.1. The van der Waals surface area contributed by atoms with Crippen molar-refractivity contribution in [3.63, 3.8) is 0 Å². The molecule has 0 atom stereocenters. The molecule has 1 N–H and O–H groups in total. The smallest absolute Gasteiger partial charge is 0.270 e. The van der Waals surface area contributed by atoms with Gasteiger partial charge in [0.05, 0.1) is 12.2 Å². The molecule has 0 amide bonds. The molecule has 0 saturated carbocycles. The number of fused-ring (bicyclic) bond motifs is 1. The Bertz CT molecular complexity index is 1200. The minimum Gasteiger partial charge on any atom is -0.360 e. The van der Waals surface area contributed by atoms with Gasteiger partial charge in [-0.2, -0.15) is 0 Å². The second-order valence-electron chi connectivity index (χ2n) is 6.62. The highest BCUT2D eigenvalue weighted by atomic mass is 32.2. The third kappa shape index (κ3) is 3.68. The van der Waals surface area contributed by atoms with Crippen molar-refractivity contribution in [2.45, 2.75) is 13.5 Å². The van der Waals surface area contributed by atoms with Gasteiger partial charge in [-0.3, -0.25) is 9.10 Å². The highest BCUT2D eigenvalue weighted by Gasteiger charge is 2.41. The van der Waals surface area contributed by atoms with Crippen LogP contribution < -0.4 is 9.62 Å². The fraction of sp³-hybridized carbons (Fsp3) is 0.0952. The van der Waals surface area contributed by atoms with Crippen LogP contribution in [0.25, 0.3) is 0 Å². The van der Waals surface area contributed by atoms with Crippen LogP contribution in [-0.4, -0.2) is 14.2 Å². The van der Waals surface area contributed by atoms with E-state index in [4.69, 9.17) is 0 Å². The van der Waals surface area contributed by atoms with Crippen LogP contribution in [0.5, 0.6) is 0 Å². The Balaban J connectivity index is 1.73. The van der Waals surface area contributed by atoms with Crippen molar-refractivity contribution in [3.8, 4) is 0 Å². The summed E-state index contributed by atoms with van der Waals surface area (Å²) in [5.74, 6) is -0.957. The highest BCUT2D eigenvalue weighted by molar-refractivity contribution is 7.97. The fourth-order valence-corrected chi connectivity index (χ4v) is 5.49. The number of carbonyl (C=O) groups is 1. The van der Waals surface area contributed by atoms with Crippen LogP contribution in [0.4, 0.5) is 15.8 Å². The number of benzene rings is 2. The Hall–Kier alpha value is -2.97. The number of thiophene rings is 1. The summed E-state index contributed by atoms with van der Waals surface area (Å²) < 4.78 is 40.9. The molecule has 3 aromatic rings. The molecular formula is C21H17FN2O3S2. The van der Waals surface area contributed by atoms with Gasteiger partial charge in [-0.15, -0.1) is 11.3 Å². The molecule has 1 aromatic heterocycles.